The SMILES string of the molecule is Cc1ccsc1CN(C)[C@H](C)C(=O)Nc1ccc(S(N)(=O)=O)cc1. The highest BCUT2D eigenvalue weighted by atomic mass is 32.2. The summed E-state index contributed by atoms with van der Waals surface area (Å²) in [5, 5.41) is 9.87. The zero-order chi connectivity index (χ0) is 17.9. The van der Waals surface area contributed by atoms with E-state index in [0.717, 1.165) is 0 Å². The summed E-state index contributed by atoms with van der Waals surface area (Å²) in [5.41, 5.74) is 1.75. The Labute approximate surface area is 146 Å². The quantitative estimate of drug-likeness (QED) is 0.818. The average molecular weight is 367 g/mol. The zero-order valence-corrected chi connectivity index (χ0v) is 15.4. The molecule has 1 atom stereocenters. The molecule has 2 aromatic rings. The van der Waals surface area contributed by atoms with Gasteiger partial charge in [0.1, 0.15) is 0 Å². The number of carbonyl (C=O) groups is 1. The number of nitrogens with one attached hydrogen (secondary N) is 1. The minimum Gasteiger partial charge on any atom is -0.325 e. The number of sulfonamides is 1. The molecule has 0 aliphatic rings. The van der Waals surface area contributed by atoms with Gasteiger partial charge in [-0.3, -0.25) is 9.69 Å². The van der Waals surface area contributed by atoms with Gasteiger partial charge in [0.25, 0.3) is 0 Å². The van der Waals surface area contributed by atoms with Crippen molar-refractivity contribution in [3.05, 3.63) is 46.2 Å². The third kappa shape index (κ3) is 4.64. The number of thiophene rings is 1. The zero-order valence-electron chi connectivity index (χ0n) is 13.8. The molecule has 1 heterocycles. The van der Waals surface area contributed by atoms with Gasteiger partial charge in [0, 0.05) is 17.1 Å². The van der Waals surface area contributed by atoms with Crippen LogP contribution >= 0.6 is 11.3 Å². The van der Waals surface area contributed by atoms with Crippen LogP contribution < -0.4 is 10.5 Å². The molecule has 0 bridgehead atoms. The Morgan fingerprint density at radius 1 is 1.29 bits per heavy atom. The van der Waals surface area contributed by atoms with E-state index >= 15 is 0 Å². The number of carbonyl (C=O) groups excluding carboxylic acids is 1. The van der Waals surface area contributed by atoms with E-state index < -0.39 is 10.0 Å². The van der Waals surface area contributed by atoms with Gasteiger partial charge in [-0.25, -0.2) is 13.6 Å². The number of amides is 1. The number of nitrogens with zero attached hydrogens (tertiary/aromatic N) is 1. The van der Waals surface area contributed by atoms with Gasteiger partial charge in [0.2, 0.25) is 15.9 Å². The number of rotatable bonds is 6. The molecule has 130 valence electrons. The van der Waals surface area contributed by atoms with E-state index in [1.54, 1.807) is 11.3 Å². The molecule has 0 aliphatic carbocycles. The molecule has 1 amide bonds. The third-order valence-electron chi connectivity index (χ3n) is 3.85. The van der Waals surface area contributed by atoms with Gasteiger partial charge >= 0.3 is 0 Å². The largest absolute Gasteiger partial charge is 0.325 e. The first kappa shape index (κ1) is 18.6. The van der Waals surface area contributed by atoms with E-state index in [9.17, 15) is 13.2 Å². The average Bonchev–Trinajstić information content (AvgIpc) is 2.91. The van der Waals surface area contributed by atoms with Crippen molar-refractivity contribution >= 4 is 33.0 Å². The maximum absolute atomic E-state index is 12.4. The van der Waals surface area contributed by atoms with Gasteiger partial charge in [-0.05, 0) is 62.2 Å². The second-order valence-electron chi connectivity index (χ2n) is 5.68. The molecule has 0 unspecified atom stereocenters. The molecule has 0 saturated heterocycles. The van der Waals surface area contributed by atoms with Gasteiger partial charge in [-0.15, -0.1) is 11.3 Å². The lowest BCUT2D eigenvalue weighted by molar-refractivity contribution is -0.120. The van der Waals surface area contributed by atoms with Crippen LogP contribution in [0.1, 0.15) is 17.4 Å². The first-order chi connectivity index (χ1) is 11.2. The minimum atomic E-state index is -3.73. The van der Waals surface area contributed by atoms with Crippen LogP contribution in [0.4, 0.5) is 5.69 Å². The van der Waals surface area contributed by atoms with Gasteiger partial charge in [0.15, 0.2) is 0 Å². The molecule has 2 rings (SSSR count). The van der Waals surface area contributed by atoms with Crippen LogP contribution in [-0.4, -0.2) is 32.3 Å². The molecule has 0 radical (unpaired) electrons. The van der Waals surface area contributed by atoms with Crippen LogP contribution in [0, 0.1) is 6.92 Å². The summed E-state index contributed by atoms with van der Waals surface area (Å²) in [6, 6.07) is 7.51. The van der Waals surface area contributed by atoms with Crippen LogP contribution in [0.2, 0.25) is 0 Å². The molecule has 24 heavy (non-hydrogen) atoms. The Kier molecular flexibility index (Phi) is 5.76. The van der Waals surface area contributed by atoms with Gasteiger partial charge in [-0.2, -0.15) is 0 Å². The lowest BCUT2D eigenvalue weighted by Gasteiger charge is -2.23. The van der Waals surface area contributed by atoms with Crippen molar-refractivity contribution in [2.24, 2.45) is 5.14 Å². The monoisotopic (exact) mass is 367 g/mol. The lowest BCUT2D eigenvalue weighted by Crippen LogP contribution is -2.39. The smallest absolute Gasteiger partial charge is 0.241 e. The molecule has 6 nitrogen and oxygen atoms in total. The third-order valence-corrected chi connectivity index (χ3v) is 5.79. The fourth-order valence-electron chi connectivity index (χ4n) is 2.10. The number of primary sulfonamides is 1. The number of hydrogen-bond donors (Lipinski definition) is 2. The second kappa shape index (κ2) is 7.43. The van der Waals surface area contributed by atoms with Crippen molar-refractivity contribution in [1.29, 1.82) is 0 Å². The van der Waals surface area contributed by atoms with Crippen molar-refractivity contribution in [3.8, 4) is 0 Å². The van der Waals surface area contributed by atoms with Crippen LogP contribution in [0.5, 0.6) is 0 Å². The highest BCUT2D eigenvalue weighted by molar-refractivity contribution is 7.89. The Morgan fingerprint density at radius 3 is 2.42 bits per heavy atom. The topological polar surface area (TPSA) is 92.5 Å². The van der Waals surface area contributed by atoms with Crippen molar-refractivity contribution in [2.45, 2.75) is 31.3 Å². The summed E-state index contributed by atoms with van der Waals surface area (Å²) in [4.78, 5) is 15.6. The molecule has 0 aliphatic heterocycles. The summed E-state index contributed by atoms with van der Waals surface area (Å²) in [6.45, 7) is 4.58. The maximum Gasteiger partial charge on any atom is 0.241 e. The van der Waals surface area contributed by atoms with Crippen molar-refractivity contribution in [3.63, 3.8) is 0 Å². The number of nitrogens with two attached hydrogens (primary N) is 1. The van der Waals surface area contributed by atoms with Gasteiger partial charge in [0.05, 0.1) is 10.9 Å². The van der Waals surface area contributed by atoms with Crippen molar-refractivity contribution < 1.29 is 13.2 Å². The predicted molar refractivity (Wildman–Crippen MR) is 96.4 cm³/mol. The fourth-order valence-corrected chi connectivity index (χ4v) is 3.59. The van der Waals surface area contributed by atoms with Crippen LogP contribution in [0.3, 0.4) is 0 Å². The number of likely N-dealkylation sites (N-methyl/N-ethyl adjacent to an activating group) is 1. The van der Waals surface area contributed by atoms with E-state index in [2.05, 4.69) is 18.3 Å². The molecule has 1 aromatic heterocycles. The summed E-state index contributed by atoms with van der Waals surface area (Å²) in [5.74, 6) is -0.157. The molecule has 0 spiro atoms. The fraction of sp³-hybridized carbons (Fsp3) is 0.312. The number of hydrogen-bond acceptors (Lipinski definition) is 5. The van der Waals surface area contributed by atoms with Crippen LogP contribution in [0.15, 0.2) is 40.6 Å². The predicted octanol–water partition coefficient (Wildman–Crippen LogP) is 2.16. The van der Waals surface area contributed by atoms with E-state index in [1.807, 2.05) is 24.3 Å². The molecule has 1 aromatic carbocycles. The molecule has 3 N–H and O–H groups in total. The van der Waals surface area contributed by atoms with E-state index in [1.165, 1.54) is 34.7 Å². The highest BCUT2D eigenvalue weighted by Crippen LogP contribution is 2.19. The van der Waals surface area contributed by atoms with Crippen molar-refractivity contribution in [1.82, 2.24) is 4.90 Å². The van der Waals surface area contributed by atoms with Gasteiger partial charge < -0.3 is 5.32 Å². The van der Waals surface area contributed by atoms with E-state index in [-0.39, 0.29) is 16.8 Å². The first-order valence-electron chi connectivity index (χ1n) is 7.35. The Morgan fingerprint density at radius 2 is 1.92 bits per heavy atom. The van der Waals surface area contributed by atoms with Crippen LogP contribution in [-0.2, 0) is 21.4 Å². The normalized spacial score (nSPS) is 13.0. The summed E-state index contributed by atoms with van der Waals surface area (Å²) < 4.78 is 22.5. The second-order valence-corrected chi connectivity index (χ2v) is 8.24. The molecule has 0 saturated carbocycles. The first-order valence-corrected chi connectivity index (χ1v) is 9.78. The standard InChI is InChI=1S/C16H21N3O3S2/c1-11-8-9-23-15(11)10-19(3)12(2)16(20)18-13-4-6-14(7-5-13)24(17,21)22/h4-9,12H,10H2,1-3H3,(H,18,20)(H2,17,21,22)/t12-/m1/s1. The molecular weight excluding hydrogens is 346 g/mol. The summed E-state index contributed by atoms with van der Waals surface area (Å²) in [6.07, 6.45) is 0. The molecular formula is C16H21N3O3S2. The van der Waals surface area contributed by atoms with Crippen molar-refractivity contribution in [2.75, 3.05) is 12.4 Å². The van der Waals surface area contributed by atoms with Crippen LogP contribution in [0.25, 0.3) is 0 Å². The summed E-state index contributed by atoms with van der Waals surface area (Å²) in [7, 11) is -1.83. The highest BCUT2D eigenvalue weighted by Gasteiger charge is 2.19. The maximum atomic E-state index is 12.4. The Bertz CT molecular complexity index is 813. The Hall–Kier alpha value is -1.74. The number of benzene rings is 1. The lowest BCUT2D eigenvalue weighted by atomic mass is 10.2. The minimum absolute atomic E-state index is 0.0128. The molecule has 0 fully saturated rings. The number of anilines is 1. The molecule has 8 heteroatoms. The van der Waals surface area contributed by atoms with E-state index in [0.29, 0.717) is 12.2 Å². The van der Waals surface area contributed by atoms with Gasteiger partial charge in [-0.1, -0.05) is 0 Å². The summed E-state index contributed by atoms with van der Waals surface area (Å²) >= 11 is 1.67. The Balaban J connectivity index is 1.99. The number of aryl methyl sites for hydroxylation is 1. The van der Waals surface area contributed by atoms with E-state index in [4.69, 9.17) is 5.14 Å².